The molecular weight excluding hydrogens is 296 g/mol. The minimum Gasteiger partial charge on any atom is -0.508 e. The van der Waals surface area contributed by atoms with Gasteiger partial charge in [0.05, 0.1) is 0 Å². The van der Waals surface area contributed by atoms with Gasteiger partial charge in [-0.05, 0) is 60.9 Å². The summed E-state index contributed by atoms with van der Waals surface area (Å²) in [6, 6.07) is 18.0. The quantitative estimate of drug-likeness (QED) is 0.803. The Morgan fingerprint density at radius 2 is 1.67 bits per heavy atom. The summed E-state index contributed by atoms with van der Waals surface area (Å²) < 4.78 is 0. The number of rotatable bonds is 4. The van der Waals surface area contributed by atoms with Gasteiger partial charge < -0.3 is 16.2 Å². The van der Waals surface area contributed by atoms with Crippen molar-refractivity contribution in [2.24, 2.45) is 5.73 Å². The lowest BCUT2D eigenvalue weighted by atomic mass is 9.92. The molecule has 2 saturated carbocycles. The first-order valence-electron chi connectivity index (χ1n) is 9.10. The standard InChI is InChI=1S/C21H26N2O/c22-17-8-10-18(11-9-17)23-21-13-20(21)15-6-4-14(5-7-15)16-2-1-3-19(24)12-16/h1-7,12,17-18,20-21,23-24H,8-11,13,22H2/t17?,18?,20-,21+/m1/s1. The molecule has 0 heterocycles. The first-order chi connectivity index (χ1) is 11.7. The van der Waals surface area contributed by atoms with Crippen molar-refractivity contribution in [3.8, 4) is 16.9 Å². The van der Waals surface area contributed by atoms with Crippen LogP contribution in [0.1, 0.15) is 43.6 Å². The van der Waals surface area contributed by atoms with Gasteiger partial charge in [0, 0.05) is 24.0 Å². The predicted molar refractivity (Wildman–Crippen MR) is 98.1 cm³/mol. The highest BCUT2D eigenvalue weighted by atomic mass is 16.3. The number of nitrogens with one attached hydrogen (secondary N) is 1. The second-order valence-electron chi connectivity index (χ2n) is 7.40. The van der Waals surface area contributed by atoms with Gasteiger partial charge in [0.2, 0.25) is 0 Å². The van der Waals surface area contributed by atoms with Gasteiger partial charge in [-0.1, -0.05) is 36.4 Å². The first-order valence-corrected chi connectivity index (χ1v) is 9.10. The van der Waals surface area contributed by atoms with Crippen molar-refractivity contribution in [2.45, 2.75) is 56.1 Å². The lowest BCUT2D eigenvalue weighted by molar-refractivity contribution is 0.339. The van der Waals surface area contributed by atoms with Gasteiger partial charge in [0.1, 0.15) is 5.75 Å². The zero-order valence-electron chi connectivity index (χ0n) is 14.0. The summed E-state index contributed by atoms with van der Waals surface area (Å²) in [5.41, 5.74) is 9.62. The Morgan fingerprint density at radius 1 is 0.917 bits per heavy atom. The molecule has 24 heavy (non-hydrogen) atoms. The summed E-state index contributed by atoms with van der Waals surface area (Å²) in [6.07, 6.45) is 6.01. The van der Waals surface area contributed by atoms with E-state index in [4.69, 9.17) is 5.73 Å². The van der Waals surface area contributed by atoms with E-state index in [2.05, 4.69) is 29.6 Å². The third kappa shape index (κ3) is 3.47. The number of benzene rings is 2. The maximum Gasteiger partial charge on any atom is 0.116 e. The molecule has 0 aliphatic heterocycles. The molecular formula is C21H26N2O. The summed E-state index contributed by atoms with van der Waals surface area (Å²) in [6.45, 7) is 0. The smallest absolute Gasteiger partial charge is 0.116 e. The van der Waals surface area contributed by atoms with E-state index in [1.54, 1.807) is 6.07 Å². The van der Waals surface area contributed by atoms with Gasteiger partial charge in [0.25, 0.3) is 0 Å². The van der Waals surface area contributed by atoms with E-state index in [-0.39, 0.29) is 0 Å². The molecule has 3 heteroatoms. The molecule has 2 atom stereocenters. The van der Waals surface area contributed by atoms with E-state index in [1.165, 1.54) is 24.8 Å². The molecule has 4 N–H and O–H groups in total. The van der Waals surface area contributed by atoms with Crippen LogP contribution in [0.15, 0.2) is 48.5 Å². The first kappa shape index (κ1) is 15.7. The maximum atomic E-state index is 9.62. The average Bonchev–Trinajstić information content (AvgIpc) is 3.36. The van der Waals surface area contributed by atoms with E-state index < -0.39 is 0 Å². The van der Waals surface area contributed by atoms with Gasteiger partial charge in [-0.3, -0.25) is 0 Å². The Balaban J connectivity index is 1.36. The van der Waals surface area contributed by atoms with Gasteiger partial charge in [-0.2, -0.15) is 0 Å². The molecule has 2 fully saturated rings. The van der Waals surface area contributed by atoms with Gasteiger partial charge in [0.15, 0.2) is 0 Å². The van der Waals surface area contributed by atoms with Gasteiger partial charge >= 0.3 is 0 Å². The van der Waals surface area contributed by atoms with Crippen molar-refractivity contribution in [1.29, 1.82) is 0 Å². The molecule has 2 aliphatic rings. The van der Waals surface area contributed by atoms with Crippen molar-refractivity contribution < 1.29 is 5.11 Å². The Morgan fingerprint density at radius 3 is 2.38 bits per heavy atom. The number of phenolic OH excluding ortho intramolecular Hbond substituents is 1. The van der Waals surface area contributed by atoms with Crippen LogP contribution in [0.3, 0.4) is 0 Å². The molecule has 0 aromatic heterocycles. The number of nitrogens with two attached hydrogens (primary N) is 1. The number of hydrogen-bond donors (Lipinski definition) is 3. The van der Waals surface area contributed by atoms with Crippen LogP contribution >= 0.6 is 0 Å². The van der Waals surface area contributed by atoms with Crippen LogP contribution in [0.25, 0.3) is 11.1 Å². The van der Waals surface area contributed by atoms with Crippen LogP contribution in [-0.2, 0) is 0 Å². The SMILES string of the molecule is NC1CCC(N[C@H]2C[C@@H]2c2ccc(-c3cccc(O)c3)cc2)CC1. The minimum atomic E-state index is 0.315. The fourth-order valence-electron chi connectivity index (χ4n) is 3.94. The highest BCUT2D eigenvalue weighted by Gasteiger charge is 2.39. The van der Waals surface area contributed by atoms with Crippen molar-refractivity contribution in [3.63, 3.8) is 0 Å². The summed E-state index contributed by atoms with van der Waals surface area (Å²) in [4.78, 5) is 0. The molecule has 2 aromatic carbocycles. The van der Waals surface area contributed by atoms with E-state index in [0.717, 1.165) is 24.0 Å². The molecule has 126 valence electrons. The Kier molecular flexibility index (Phi) is 4.30. The van der Waals surface area contributed by atoms with E-state index in [9.17, 15) is 5.11 Å². The molecule has 2 aromatic rings. The van der Waals surface area contributed by atoms with Crippen LogP contribution in [-0.4, -0.2) is 23.2 Å². The van der Waals surface area contributed by atoms with Crippen molar-refractivity contribution in [1.82, 2.24) is 5.32 Å². The summed E-state index contributed by atoms with van der Waals surface area (Å²) in [7, 11) is 0. The van der Waals surface area contributed by atoms with Crippen molar-refractivity contribution >= 4 is 0 Å². The Hall–Kier alpha value is -1.84. The monoisotopic (exact) mass is 322 g/mol. The normalized spacial score (nSPS) is 29.4. The second kappa shape index (κ2) is 6.58. The summed E-state index contributed by atoms with van der Waals surface area (Å²) >= 11 is 0. The van der Waals surface area contributed by atoms with Crippen molar-refractivity contribution in [3.05, 3.63) is 54.1 Å². The molecule has 2 aliphatic carbocycles. The van der Waals surface area contributed by atoms with Crippen LogP contribution in [0.2, 0.25) is 0 Å². The van der Waals surface area contributed by atoms with Crippen molar-refractivity contribution in [2.75, 3.05) is 0 Å². The lowest BCUT2D eigenvalue weighted by Crippen LogP contribution is -2.38. The largest absolute Gasteiger partial charge is 0.508 e. The fourth-order valence-corrected chi connectivity index (χ4v) is 3.94. The lowest BCUT2D eigenvalue weighted by Gasteiger charge is -2.27. The molecule has 4 rings (SSSR count). The topological polar surface area (TPSA) is 58.3 Å². The summed E-state index contributed by atoms with van der Waals surface area (Å²) in [5, 5.41) is 13.4. The highest BCUT2D eigenvalue weighted by molar-refractivity contribution is 5.65. The number of phenols is 1. The van der Waals surface area contributed by atoms with E-state index in [0.29, 0.717) is 29.8 Å². The third-order valence-corrected chi connectivity index (χ3v) is 5.53. The Labute approximate surface area is 143 Å². The molecule has 3 nitrogen and oxygen atoms in total. The molecule has 0 amide bonds. The van der Waals surface area contributed by atoms with Gasteiger partial charge in [-0.15, -0.1) is 0 Å². The predicted octanol–water partition coefficient (Wildman–Crippen LogP) is 3.77. The van der Waals surface area contributed by atoms with E-state index >= 15 is 0 Å². The summed E-state index contributed by atoms with van der Waals surface area (Å²) in [5.74, 6) is 0.967. The van der Waals surface area contributed by atoms with Crippen LogP contribution in [0, 0.1) is 0 Å². The molecule has 0 spiro atoms. The number of hydrogen-bond acceptors (Lipinski definition) is 3. The van der Waals surface area contributed by atoms with Gasteiger partial charge in [-0.25, -0.2) is 0 Å². The minimum absolute atomic E-state index is 0.315. The molecule has 0 unspecified atom stereocenters. The zero-order chi connectivity index (χ0) is 16.5. The third-order valence-electron chi connectivity index (χ3n) is 5.53. The number of aromatic hydroxyl groups is 1. The van der Waals surface area contributed by atoms with E-state index in [1.807, 2.05) is 18.2 Å². The highest BCUT2D eigenvalue weighted by Crippen LogP contribution is 2.42. The molecule has 0 bridgehead atoms. The Bertz CT molecular complexity index is 689. The maximum absolute atomic E-state index is 9.62. The van der Waals surface area contributed by atoms with Crippen LogP contribution < -0.4 is 11.1 Å². The molecule has 0 radical (unpaired) electrons. The molecule has 0 saturated heterocycles. The zero-order valence-corrected chi connectivity index (χ0v) is 14.0. The van der Waals surface area contributed by atoms with Crippen LogP contribution in [0.4, 0.5) is 0 Å². The average molecular weight is 322 g/mol. The van der Waals surface area contributed by atoms with Crippen LogP contribution in [0.5, 0.6) is 5.75 Å². The second-order valence-corrected chi connectivity index (χ2v) is 7.40. The fraction of sp³-hybridized carbons (Fsp3) is 0.429.